The lowest BCUT2D eigenvalue weighted by Gasteiger charge is -2.22. The van der Waals surface area contributed by atoms with E-state index in [1.807, 2.05) is 0 Å². The van der Waals surface area contributed by atoms with Crippen molar-refractivity contribution in [1.29, 1.82) is 0 Å². The summed E-state index contributed by atoms with van der Waals surface area (Å²) >= 11 is 0. The van der Waals surface area contributed by atoms with Crippen molar-refractivity contribution >= 4 is 22.9 Å². The van der Waals surface area contributed by atoms with E-state index in [0.29, 0.717) is 17.7 Å². The van der Waals surface area contributed by atoms with Crippen LogP contribution in [-0.4, -0.2) is 46.2 Å². The molecule has 2 aromatic heterocycles. The zero-order valence-corrected chi connectivity index (χ0v) is 11.6. The Hall–Kier alpha value is -1.89. The summed E-state index contributed by atoms with van der Waals surface area (Å²) in [6, 6.07) is 0. The lowest BCUT2D eigenvalue weighted by atomic mass is 10.1. The number of fused-ring (bicyclic) bond motifs is 1. The van der Waals surface area contributed by atoms with Gasteiger partial charge in [0.1, 0.15) is 5.52 Å². The highest BCUT2D eigenvalue weighted by molar-refractivity contribution is 5.83. The summed E-state index contributed by atoms with van der Waals surface area (Å²) in [5, 5.41) is 6.30. The van der Waals surface area contributed by atoms with Crippen molar-refractivity contribution < 1.29 is 4.74 Å². The Morgan fingerprint density at radius 1 is 1.40 bits per heavy atom. The van der Waals surface area contributed by atoms with Gasteiger partial charge in [-0.05, 0) is 25.7 Å². The Morgan fingerprint density at radius 2 is 2.35 bits per heavy atom. The Balaban J connectivity index is 1.65. The van der Waals surface area contributed by atoms with Gasteiger partial charge in [0.15, 0.2) is 11.5 Å². The van der Waals surface area contributed by atoms with Crippen LogP contribution in [0.25, 0.3) is 11.2 Å². The maximum Gasteiger partial charge on any atom is 0.226 e. The van der Waals surface area contributed by atoms with Gasteiger partial charge in [0, 0.05) is 20.2 Å². The van der Waals surface area contributed by atoms with E-state index in [9.17, 15) is 0 Å². The number of hydrogen-bond donors (Lipinski definition) is 3. The van der Waals surface area contributed by atoms with E-state index in [-0.39, 0.29) is 0 Å². The van der Waals surface area contributed by atoms with Crippen molar-refractivity contribution in [3.05, 3.63) is 6.33 Å². The average molecular weight is 276 g/mol. The first kappa shape index (κ1) is 13.1. The lowest BCUT2D eigenvalue weighted by Crippen LogP contribution is -2.22. The molecule has 1 saturated heterocycles. The SMILES string of the molecule is CNc1nc(NCCC2CCCCO2)c2[nH]cnc2n1. The van der Waals surface area contributed by atoms with E-state index in [0.717, 1.165) is 37.3 Å². The molecule has 0 amide bonds. The van der Waals surface area contributed by atoms with Crippen LogP contribution in [0.2, 0.25) is 0 Å². The van der Waals surface area contributed by atoms with Crippen molar-refractivity contribution in [1.82, 2.24) is 19.9 Å². The normalized spacial score (nSPS) is 19.1. The predicted molar refractivity (Wildman–Crippen MR) is 77.9 cm³/mol. The van der Waals surface area contributed by atoms with Gasteiger partial charge in [-0.15, -0.1) is 0 Å². The van der Waals surface area contributed by atoms with Crippen LogP contribution >= 0.6 is 0 Å². The van der Waals surface area contributed by atoms with Crippen molar-refractivity contribution in [2.45, 2.75) is 31.8 Å². The number of nitrogens with one attached hydrogen (secondary N) is 3. The first-order valence-electron chi connectivity index (χ1n) is 7.11. The van der Waals surface area contributed by atoms with E-state index < -0.39 is 0 Å². The van der Waals surface area contributed by atoms with Crippen LogP contribution in [0.15, 0.2) is 6.33 Å². The summed E-state index contributed by atoms with van der Waals surface area (Å²) in [6.45, 7) is 1.73. The Labute approximate surface area is 117 Å². The molecule has 1 atom stereocenters. The highest BCUT2D eigenvalue weighted by Crippen LogP contribution is 2.19. The van der Waals surface area contributed by atoms with Crippen molar-refractivity contribution in [2.75, 3.05) is 30.8 Å². The average Bonchev–Trinajstić information content (AvgIpc) is 2.96. The van der Waals surface area contributed by atoms with Gasteiger partial charge in [-0.3, -0.25) is 0 Å². The van der Waals surface area contributed by atoms with Gasteiger partial charge in [0.2, 0.25) is 5.95 Å². The molecule has 1 fully saturated rings. The minimum atomic E-state index is 0.374. The molecule has 0 radical (unpaired) electrons. The van der Waals surface area contributed by atoms with Gasteiger partial charge in [-0.25, -0.2) is 4.98 Å². The van der Waals surface area contributed by atoms with Crippen LogP contribution in [0.5, 0.6) is 0 Å². The molecule has 2 aromatic rings. The number of nitrogens with zero attached hydrogens (tertiary/aromatic N) is 3. The van der Waals surface area contributed by atoms with Crippen molar-refractivity contribution in [3.8, 4) is 0 Å². The highest BCUT2D eigenvalue weighted by Gasteiger charge is 2.14. The highest BCUT2D eigenvalue weighted by atomic mass is 16.5. The van der Waals surface area contributed by atoms with Gasteiger partial charge in [0.25, 0.3) is 0 Å². The van der Waals surface area contributed by atoms with Gasteiger partial charge in [-0.1, -0.05) is 0 Å². The molecule has 0 spiro atoms. The smallest absolute Gasteiger partial charge is 0.226 e. The predicted octanol–water partition coefficient (Wildman–Crippen LogP) is 1.77. The Kier molecular flexibility index (Phi) is 3.96. The van der Waals surface area contributed by atoms with Crippen molar-refractivity contribution in [2.24, 2.45) is 0 Å². The number of anilines is 2. The number of imidazole rings is 1. The number of rotatable bonds is 5. The van der Waals surface area contributed by atoms with Crippen LogP contribution in [0.1, 0.15) is 25.7 Å². The van der Waals surface area contributed by atoms with E-state index in [2.05, 4.69) is 30.6 Å². The summed E-state index contributed by atoms with van der Waals surface area (Å²) in [7, 11) is 1.80. The molecule has 0 aromatic carbocycles. The molecule has 1 unspecified atom stereocenters. The summed E-state index contributed by atoms with van der Waals surface area (Å²) < 4.78 is 5.73. The number of ether oxygens (including phenoxy) is 1. The summed E-state index contributed by atoms with van der Waals surface area (Å²) in [5.41, 5.74) is 1.51. The Morgan fingerprint density at radius 3 is 3.15 bits per heavy atom. The number of H-pyrrole nitrogens is 1. The number of hydrogen-bond acceptors (Lipinski definition) is 6. The maximum absolute atomic E-state index is 5.73. The fraction of sp³-hybridized carbons (Fsp3) is 0.615. The summed E-state index contributed by atoms with van der Waals surface area (Å²) in [6.07, 6.45) is 6.62. The van der Waals surface area contributed by atoms with Crippen LogP contribution in [0, 0.1) is 0 Å². The molecular formula is C13H20N6O. The molecule has 1 aliphatic rings. The molecule has 1 aliphatic heterocycles. The third-order valence-corrected chi connectivity index (χ3v) is 3.54. The van der Waals surface area contributed by atoms with Crippen LogP contribution < -0.4 is 10.6 Å². The molecular weight excluding hydrogens is 256 g/mol. The maximum atomic E-state index is 5.73. The van der Waals surface area contributed by atoms with Gasteiger partial charge in [0.05, 0.1) is 12.4 Å². The molecule has 3 rings (SSSR count). The second-order valence-electron chi connectivity index (χ2n) is 4.95. The second-order valence-corrected chi connectivity index (χ2v) is 4.95. The zero-order chi connectivity index (χ0) is 13.8. The van der Waals surface area contributed by atoms with E-state index in [1.165, 1.54) is 12.8 Å². The molecule has 3 N–H and O–H groups in total. The molecule has 0 saturated carbocycles. The van der Waals surface area contributed by atoms with Crippen LogP contribution in [0.3, 0.4) is 0 Å². The monoisotopic (exact) mass is 276 g/mol. The number of aromatic nitrogens is 4. The fourth-order valence-corrected chi connectivity index (χ4v) is 2.46. The van der Waals surface area contributed by atoms with Crippen LogP contribution in [-0.2, 0) is 4.74 Å². The third kappa shape index (κ3) is 2.82. The Bertz CT molecular complexity index is 563. The molecule has 3 heterocycles. The zero-order valence-electron chi connectivity index (χ0n) is 11.6. The third-order valence-electron chi connectivity index (χ3n) is 3.54. The lowest BCUT2D eigenvalue weighted by molar-refractivity contribution is 0.0134. The molecule has 7 heteroatoms. The van der Waals surface area contributed by atoms with E-state index >= 15 is 0 Å². The van der Waals surface area contributed by atoms with Gasteiger partial charge >= 0.3 is 0 Å². The second kappa shape index (κ2) is 6.04. The first-order chi connectivity index (χ1) is 9.86. The molecule has 20 heavy (non-hydrogen) atoms. The quantitative estimate of drug-likeness (QED) is 0.771. The van der Waals surface area contributed by atoms with E-state index in [1.54, 1.807) is 13.4 Å². The molecule has 0 bridgehead atoms. The molecule has 7 nitrogen and oxygen atoms in total. The number of aromatic amines is 1. The standard InChI is InChI=1S/C13H20N6O/c1-14-13-18-11(10-12(19-13)17-8-16-10)15-6-5-9-4-2-3-7-20-9/h8-9H,2-7H2,1H3,(H3,14,15,16,17,18,19). The van der Waals surface area contributed by atoms with Crippen LogP contribution in [0.4, 0.5) is 11.8 Å². The molecule has 108 valence electrons. The summed E-state index contributed by atoms with van der Waals surface area (Å²) in [4.78, 5) is 16.0. The minimum absolute atomic E-state index is 0.374. The van der Waals surface area contributed by atoms with Crippen molar-refractivity contribution in [3.63, 3.8) is 0 Å². The molecule has 0 aliphatic carbocycles. The van der Waals surface area contributed by atoms with Gasteiger partial charge < -0.3 is 20.4 Å². The van der Waals surface area contributed by atoms with E-state index in [4.69, 9.17) is 4.74 Å². The first-order valence-corrected chi connectivity index (χ1v) is 7.11. The largest absolute Gasteiger partial charge is 0.378 e. The summed E-state index contributed by atoms with van der Waals surface area (Å²) in [5.74, 6) is 1.36. The minimum Gasteiger partial charge on any atom is -0.378 e. The topological polar surface area (TPSA) is 87.8 Å². The van der Waals surface area contributed by atoms with Gasteiger partial charge in [-0.2, -0.15) is 9.97 Å². The fourth-order valence-electron chi connectivity index (χ4n) is 2.46.